The van der Waals surface area contributed by atoms with Crippen molar-refractivity contribution in [1.82, 2.24) is 0 Å². The van der Waals surface area contributed by atoms with Crippen molar-refractivity contribution in [2.24, 2.45) is 0 Å². The van der Waals surface area contributed by atoms with Crippen molar-refractivity contribution in [2.75, 3.05) is 7.11 Å². The van der Waals surface area contributed by atoms with Gasteiger partial charge in [-0.3, -0.25) is 4.79 Å². The van der Waals surface area contributed by atoms with Crippen LogP contribution in [-0.2, 0) is 10.9 Å². The van der Waals surface area contributed by atoms with Crippen LogP contribution >= 0.6 is 11.6 Å². The van der Waals surface area contributed by atoms with E-state index in [1.54, 1.807) is 18.2 Å². The Hall–Kier alpha value is -4.77. The summed E-state index contributed by atoms with van der Waals surface area (Å²) in [5, 5.41) is 0.707. The Bertz CT molecular complexity index is 1800. The topological polar surface area (TPSA) is 105 Å². The van der Waals surface area contributed by atoms with Crippen LogP contribution in [0, 0.1) is 0 Å². The Labute approximate surface area is 221 Å². The zero-order valence-electron chi connectivity index (χ0n) is 19.6. The highest BCUT2D eigenvalue weighted by atomic mass is 35.5. The molecular weight excluding hydrogens is 545 g/mol. The predicted octanol–water partition coefficient (Wildman–Crippen LogP) is 7.01. The number of furan rings is 1. The summed E-state index contributed by atoms with van der Waals surface area (Å²) in [4.78, 5) is 37.2. The zero-order chi connectivity index (χ0) is 27.9. The number of hydrogen-bond acceptors (Lipinski definition) is 8. The van der Waals surface area contributed by atoms with E-state index < -0.39 is 40.6 Å². The van der Waals surface area contributed by atoms with Crippen molar-refractivity contribution in [3.05, 3.63) is 99.1 Å². The van der Waals surface area contributed by atoms with Crippen LogP contribution in [-0.4, -0.2) is 19.0 Å². The van der Waals surface area contributed by atoms with Crippen molar-refractivity contribution >= 4 is 45.5 Å². The number of ether oxygens (including phenoxy) is 3. The van der Waals surface area contributed by atoms with E-state index in [4.69, 9.17) is 29.9 Å². The van der Waals surface area contributed by atoms with Crippen LogP contribution in [0.2, 0.25) is 5.02 Å². The highest BCUT2D eigenvalue weighted by Gasteiger charge is 2.40. The summed E-state index contributed by atoms with van der Waals surface area (Å²) in [7, 11) is 1.17. The fourth-order valence-corrected chi connectivity index (χ4v) is 3.85. The highest BCUT2D eigenvalue weighted by Crippen LogP contribution is 2.39. The minimum atomic E-state index is -5.11. The van der Waals surface area contributed by atoms with Gasteiger partial charge >= 0.3 is 18.1 Å². The van der Waals surface area contributed by atoms with Gasteiger partial charge in [-0.15, -0.1) is 0 Å². The molecular formula is C27H14ClF3O8. The summed E-state index contributed by atoms with van der Waals surface area (Å²) in [6.45, 7) is 0. The van der Waals surface area contributed by atoms with Gasteiger partial charge in [0.2, 0.25) is 16.9 Å². The molecule has 5 rings (SSSR count). The minimum Gasteiger partial charge on any atom is -0.465 e. The van der Waals surface area contributed by atoms with Crippen molar-refractivity contribution in [1.29, 1.82) is 0 Å². The molecule has 0 aliphatic heterocycles. The van der Waals surface area contributed by atoms with E-state index >= 15 is 0 Å². The molecule has 0 fully saturated rings. The van der Waals surface area contributed by atoms with E-state index in [0.29, 0.717) is 16.0 Å². The lowest BCUT2D eigenvalue weighted by molar-refractivity contribution is -0.154. The average Bonchev–Trinajstić information content (AvgIpc) is 3.33. The molecule has 2 heterocycles. The molecule has 0 radical (unpaired) electrons. The van der Waals surface area contributed by atoms with Gasteiger partial charge in [0.15, 0.2) is 0 Å². The molecule has 0 spiro atoms. The molecule has 39 heavy (non-hydrogen) atoms. The third-order valence-corrected chi connectivity index (χ3v) is 5.70. The normalized spacial score (nSPS) is 11.5. The molecule has 0 aliphatic carbocycles. The molecule has 0 N–H and O–H groups in total. The summed E-state index contributed by atoms with van der Waals surface area (Å²) in [5.41, 5.74) is -1.12. The third kappa shape index (κ3) is 5.16. The zero-order valence-corrected chi connectivity index (χ0v) is 20.4. The SMILES string of the molecule is COC(=O)c1ccc(Oc2c(C(F)(F)F)oc3cc(OC(=O)c4cc5cc(Cl)ccc5o4)ccc3c2=O)cc1. The highest BCUT2D eigenvalue weighted by molar-refractivity contribution is 6.31. The van der Waals surface area contributed by atoms with Crippen LogP contribution in [0.25, 0.3) is 21.9 Å². The van der Waals surface area contributed by atoms with Crippen LogP contribution in [0.15, 0.2) is 80.4 Å². The van der Waals surface area contributed by atoms with Gasteiger partial charge in [-0.05, 0) is 60.7 Å². The van der Waals surface area contributed by atoms with Crippen molar-refractivity contribution in [3.8, 4) is 17.2 Å². The van der Waals surface area contributed by atoms with Gasteiger partial charge in [-0.25, -0.2) is 9.59 Å². The number of carbonyl (C=O) groups excluding carboxylic acids is 2. The lowest BCUT2D eigenvalue weighted by Crippen LogP contribution is -2.15. The molecule has 3 aromatic carbocycles. The third-order valence-electron chi connectivity index (χ3n) is 5.47. The van der Waals surface area contributed by atoms with Gasteiger partial charge in [-0.1, -0.05) is 11.6 Å². The Morgan fingerprint density at radius 1 is 0.846 bits per heavy atom. The average molecular weight is 559 g/mol. The van der Waals surface area contributed by atoms with E-state index in [1.807, 2.05) is 0 Å². The van der Waals surface area contributed by atoms with Crippen LogP contribution in [0.1, 0.15) is 26.7 Å². The molecule has 0 saturated heterocycles. The molecule has 198 valence electrons. The fourth-order valence-electron chi connectivity index (χ4n) is 3.67. The number of halogens is 4. The summed E-state index contributed by atoms with van der Waals surface area (Å²) < 4.78 is 67.1. The Kier molecular flexibility index (Phi) is 6.52. The molecule has 0 amide bonds. The molecule has 5 aromatic rings. The first kappa shape index (κ1) is 25.9. The second kappa shape index (κ2) is 9.84. The number of fused-ring (bicyclic) bond motifs is 2. The number of methoxy groups -OCH3 is 1. The maximum Gasteiger partial charge on any atom is 0.453 e. The minimum absolute atomic E-state index is 0.125. The van der Waals surface area contributed by atoms with Gasteiger partial charge in [-0.2, -0.15) is 13.2 Å². The molecule has 2 aromatic heterocycles. The maximum atomic E-state index is 13.9. The van der Waals surface area contributed by atoms with E-state index in [1.165, 1.54) is 43.5 Å². The first-order chi connectivity index (χ1) is 18.5. The Morgan fingerprint density at radius 2 is 1.56 bits per heavy atom. The smallest absolute Gasteiger partial charge is 0.453 e. The molecule has 0 saturated carbocycles. The Balaban J connectivity index is 1.48. The van der Waals surface area contributed by atoms with Gasteiger partial charge in [0.05, 0.1) is 18.1 Å². The van der Waals surface area contributed by atoms with E-state index in [2.05, 4.69) is 4.74 Å². The number of alkyl halides is 3. The number of esters is 2. The van der Waals surface area contributed by atoms with Crippen LogP contribution < -0.4 is 14.9 Å². The van der Waals surface area contributed by atoms with Crippen LogP contribution in [0.5, 0.6) is 17.2 Å². The van der Waals surface area contributed by atoms with Gasteiger partial charge < -0.3 is 23.0 Å². The lowest BCUT2D eigenvalue weighted by atomic mass is 10.2. The summed E-state index contributed by atoms with van der Waals surface area (Å²) in [6.07, 6.45) is -5.11. The fraction of sp³-hybridized carbons (Fsp3) is 0.0741. The lowest BCUT2D eigenvalue weighted by Gasteiger charge is -2.13. The van der Waals surface area contributed by atoms with Gasteiger partial charge in [0.25, 0.3) is 5.76 Å². The summed E-state index contributed by atoms with van der Waals surface area (Å²) in [6, 6.07) is 14.3. The molecule has 0 aliphatic rings. The number of carbonyl (C=O) groups is 2. The number of rotatable bonds is 5. The predicted molar refractivity (Wildman–Crippen MR) is 132 cm³/mol. The monoisotopic (exact) mass is 558 g/mol. The van der Waals surface area contributed by atoms with Gasteiger partial charge in [0.1, 0.15) is 22.7 Å². The van der Waals surface area contributed by atoms with E-state index in [0.717, 1.165) is 12.1 Å². The summed E-state index contributed by atoms with van der Waals surface area (Å²) >= 11 is 5.93. The number of hydrogen-bond donors (Lipinski definition) is 0. The van der Waals surface area contributed by atoms with Crippen molar-refractivity contribution < 1.29 is 45.8 Å². The maximum absolute atomic E-state index is 13.9. The van der Waals surface area contributed by atoms with Crippen LogP contribution in [0.3, 0.4) is 0 Å². The van der Waals surface area contributed by atoms with E-state index in [9.17, 15) is 27.6 Å². The van der Waals surface area contributed by atoms with E-state index in [-0.39, 0.29) is 28.2 Å². The van der Waals surface area contributed by atoms with Gasteiger partial charge in [0, 0.05) is 16.5 Å². The second-order valence-electron chi connectivity index (χ2n) is 8.05. The first-order valence-corrected chi connectivity index (χ1v) is 11.4. The molecule has 0 bridgehead atoms. The quantitative estimate of drug-likeness (QED) is 0.167. The Morgan fingerprint density at radius 3 is 2.26 bits per heavy atom. The molecule has 0 atom stereocenters. The van der Waals surface area contributed by atoms with Crippen molar-refractivity contribution in [2.45, 2.75) is 6.18 Å². The van der Waals surface area contributed by atoms with Crippen LogP contribution in [0.4, 0.5) is 13.2 Å². The van der Waals surface area contributed by atoms with Crippen molar-refractivity contribution in [3.63, 3.8) is 0 Å². The standard InChI is InChI=1S/C27H14ClF3O8/c1-35-25(33)13-2-5-16(6-3-13)36-23-22(32)18-8-7-17(12-20(18)39-24(23)27(29,30)31)37-26(34)21-11-14-10-15(28)4-9-19(14)38-21/h2-12H,1H3. The summed E-state index contributed by atoms with van der Waals surface area (Å²) in [5.74, 6) is -4.93. The molecule has 8 nitrogen and oxygen atoms in total. The molecule has 0 unspecified atom stereocenters. The first-order valence-electron chi connectivity index (χ1n) is 11.0. The number of benzene rings is 3. The largest absolute Gasteiger partial charge is 0.465 e. The second-order valence-corrected chi connectivity index (χ2v) is 8.48. The molecule has 12 heteroatoms.